The van der Waals surface area contributed by atoms with E-state index in [1.165, 1.54) is 96.3 Å². The summed E-state index contributed by atoms with van der Waals surface area (Å²) < 4.78 is 17.4. The Labute approximate surface area is 183 Å². The minimum absolute atomic E-state index is 0.582. The maximum absolute atomic E-state index is 5.87. The van der Waals surface area contributed by atoms with Crippen LogP contribution in [0, 0.1) is 0 Å². The van der Waals surface area contributed by atoms with Gasteiger partial charge in [0.15, 0.2) is 6.26 Å². The molecule has 0 saturated carbocycles. The van der Waals surface area contributed by atoms with Gasteiger partial charge in [0, 0.05) is 0 Å². The number of hydrogen-bond donors (Lipinski definition) is 0. The van der Waals surface area contributed by atoms with Crippen molar-refractivity contribution in [3.8, 4) is 0 Å². The first-order valence-corrected chi connectivity index (χ1v) is 12.9. The molecule has 0 unspecified atom stereocenters. The Hall–Kier alpha value is -0.860. The van der Waals surface area contributed by atoms with Crippen LogP contribution in [0.2, 0.25) is 0 Å². The molecule has 0 spiro atoms. The van der Waals surface area contributed by atoms with Crippen LogP contribution in [-0.2, 0) is 14.2 Å². The van der Waals surface area contributed by atoms with E-state index in [4.69, 9.17) is 14.2 Å². The Balaban J connectivity index is 3.93. The summed E-state index contributed by atoms with van der Waals surface area (Å²) in [5.41, 5.74) is 0. The van der Waals surface area contributed by atoms with Gasteiger partial charge in [0.2, 0.25) is 0 Å². The molecule has 0 fully saturated rings. The van der Waals surface area contributed by atoms with E-state index in [-0.39, 0.29) is 0 Å². The summed E-state index contributed by atoms with van der Waals surface area (Å²) in [6.07, 6.45) is 24.6. The normalized spacial score (nSPS) is 10.7. The van der Waals surface area contributed by atoms with Crippen LogP contribution in [0.15, 0.2) is 12.2 Å². The molecular formula is C26H52O3. The SMILES string of the molecule is CCCCCCCCOC=C(OCCCCCCCC)OCCCCCCCC. The van der Waals surface area contributed by atoms with Crippen LogP contribution < -0.4 is 0 Å². The highest BCUT2D eigenvalue weighted by atomic mass is 16.7. The second kappa shape index (κ2) is 25.2. The van der Waals surface area contributed by atoms with E-state index in [1.54, 1.807) is 6.26 Å². The van der Waals surface area contributed by atoms with Gasteiger partial charge in [0.05, 0.1) is 19.8 Å². The van der Waals surface area contributed by atoms with E-state index in [0.717, 1.165) is 39.1 Å². The van der Waals surface area contributed by atoms with Gasteiger partial charge in [-0.15, -0.1) is 0 Å². The monoisotopic (exact) mass is 412 g/mol. The van der Waals surface area contributed by atoms with Crippen molar-refractivity contribution in [3.63, 3.8) is 0 Å². The fourth-order valence-electron chi connectivity index (χ4n) is 3.31. The van der Waals surface area contributed by atoms with Crippen LogP contribution in [-0.4, -0.2) is 19.8 Å². The third-order valence-electron chi connectivity index (χ3n) is 5.28. The molecule has 0 bridgehead atoms. The van der Waals surface area contributed by atoms with Gasteiger partial charge in [-0.2, -0.15) is 0 Å². The summed E-state index contributed by atoms with van der Waals surface area (Å²) in [7, 11) is 0. The highest BCUT2D eigenvalue weighted by Gasteiger charge is 2.02. The maximum Gasteiger partial charge on any atom is 0.315 e. The second-order valence-electron chi connectivity index (χ2n) is 8.31. The lowest BCUT2D eigenvalue weighted by atomic mass is 10.1. The number of hydrogen-bond acceptors (Lipinski definition) is 3. The lowest BCUT2D eigenvalue weighted by molar-refractivity contribution is 0.0184. The molecule has 174 valence electrons. The lowest BCUT2D eigenvalue weighted by Gasteiger charge is -2.12. The van der Waals surface area contributed by atoms with Gasteiger partial charge >= 0.3 is 5.95 Å². The Morgan fingerprint density at radius 3 is 1.21 bits per heavy atom. The van der Waals surface area contributed by atoms with E-state index < -0.39 is 0 Å². The fourth-order valence-corrected chi connectivity index (χ4v) is 3.31. The molecule has 0 aliphatic carbocycles. The summed E-state index contributed by atoms with van der Waals surface area (Å²) in [6, 6.07) is 0. The Morgan fingerprint density at radius 2 is 0.793 bits per heavy atom. The van der Waals surface area contributed by atoms with Crippen LogP contribution in [0.1, 0.15) is 136 Å². The zero-order valence-electron chi connectivity index (χ0n) is 20.2. The lowest BCUT2D eigenvalue weighted by Crippen LogP contribution is -2.03. The van der Waals surface area contributed by atoms with Gasteiger partial charge in [-0.05, 0) is 19.3 Å². The first-order valence-electron chi connectivity index (χ1n) is 12.9. The zero-order valence-corrected chi connectivity index (χ0v) is 20.2. The predicted molar refractivity (Wildman–Crippen MR) is 126 cm³/mol. The van der Waals surface area contributed by atoms with Crippen molar-refractivity contribution < 1.29 is 14.2 Å². The van der Waals surface area contributed by atoms with Crippen molar-refractivity contribution >= 4 is 0 Å². The molecule has 0 atom stereocenters. The maximum atomic E-state index is 5.87. The molecular weight excluding hydrogens is 360 g/mol. The number of rotatable bonds is 24. The van der Waals surface area contributed by atoms with E-state index in [1.807, 2.05) is 0 Å². The first kappa shape index (κ1) is 28.1. The molecule has 0 aromatic carbocycles. The summed E-state index contributed by atoms with van der Waals surface area (Å²) in [5.74, 6) is 0.582. The van der Waals surface area contributed by atoms with Crippen molar-refractivity contribution in [2.45, 2.75) is 136 Å². The highest BCUT2D eigenvalue weighted by Crippen LogP contribution is 2.11. The minimum atomic E-state index is 0.582. The van der Waals surface area contributed by atoms with Crippen molar-refractivity contribution in [3.05, 3.63) is 12.2 Å². The van der Waals surface area contributed by atoms with Gasteiger partial charge in [-0.25, -0.2) is 0 Å². The van der Waals surface area contributed by atoms with Gasteiger partial charge < -0.3 is 14.2 Å². The molecule has 0 radical (unpaired) electrons. The quantitative estimate of drug-likeness (QED) is 0.117. The van der Waals surface area contributed by atoms with E-state index >= 15 is 0 Å². The van der Waals surface area contributed by atoms with Crippen molar-refractivity contribution in [1.82, 2.24) is 0 Å². The van der Waals surface area contributed by atoms with Crippen LogP contribution in [0.25, 0.3) is 0 Å². The number of ether oxygens (including phenoxy) is 3. The summed E-state index contributed by atoms with van der Waals surface area (Å²) in [5, 5.41) is 0. The van der Waals surface area contributed by atoms with Gasteiger partial charge in [-0.1, -0.05) is 117 Å². The first-order chi connectivity index (χ1) is 14.3. The third kappa shape index (κ3) is 23.3. The summed E-state index contributed by atoms with van der Waals surface area (Å²) in [6.45, 7) is 8.99. The average molecular weight is 413 g/mol. The van der Waals surface area contributed by atoms with Gasteiger partial charge in [-0.3, -0.25) is 0 Å². The van der Waals surface area contributed by atoms with E-state index in [9.17, 15) is 0 Å². The van der Waals surface area contributed by atoms with Crippen LogP contribution >= 0.6 is 0 Å². The summed E-state index contributed by atoms with van der Waals surface area (Å²) in [4.78, 5) is 0. The van der Waals surface area contributed by atoms with E-state index in [0.29, 0.717) is 5.95 Å². The Morgan fingerprint density at radius 1 is 0.448 bits per heavy atom. The average Bonchev–Trinajstić information content (AvgIpc) is 2.73. The Kier molecular flexibility index (Phi) is 24.4. The topological polar surface area (TPSA) is 27.7 Å². The molecule has 0 aliphatic heterocycles. The number of unbranched alkanes of at least 4 members (excludes halogenated alkanes) is 15. The van der Waals surface area contributed by atoms with Gasteiger partial charge in [0.1, 0.15) is 0 Å². The standard InChI is InChI=1S/C26H52O3/c1-4-7-10-13-16-19-22-27-25-26(28-23-20-17-14-11-8-5-2)29-24-21-18-15-12-9-6-3/h25H,4-24H2,1-3H3. The largest absolute Gasteiger partial charge is 0.494 e. The summed E-state index contributed by atoms with van der Waals surface area (Å²) >= 11 is 0. The molecule has 0 aliphatic rings. The molecule has 3 heteroatoms. The molecule has 0 saturated heterocycles. The Bertz CT molecular complexity index is 308. The smallest absolute Gasteiger partial charge is 0.315 e. The zero-order chi connectivity index (χ0) is 21.3. The van der Waals surface area contributed by atoms with Gasteiger partial charge in [0.25, 0.3) is 0 Å². The molecule has 0 rings (SSSR count). The molecule has 0 heterocycles. The molecule has 0 aromatic heterocycles. The van der Waals surface area contributed by atoms with Crippen LogP contribution in [0.4, 0.5) is 0 Å². The van der Waals surface area contributed by atoms with E-state index in [2.05, 4.69) is 20.8 Å². The van der Waals surface area contributed by atoms with Crippen molar-refractivity contribution in [2.75, 3.05) is 19.8 Å². The molecule has 0 aromatic rings. The molecule has 3 nitrogen and oxygen atoms in total. The van der Waals surface area contributed by atoms with Crippen molar-refractivity contribution in [1.29, 1.82) is 0 Å². The predicted octanol–water partition coefficient (Wildman–Crippen LogP) is 8.92. The third-order valence-corrected chi connectivity index (χ3v) is 5.28. The minimum Gasteiger partial charge on any atom is -0.494 e. The van der Waals surface area contributed by atoms with Crippen LogP contribution in [0.3, 0.4) is 0 Å². The fraction of sp³-hybridized carbons (Fsp3) is 0.923. The van der Waals surface area contributed by atoms with Crippen LogP contribution in [0.5, 0.6) is 0 Å². The molecule has 0 N–H and O–H groups in total. The molecule has 29 heavy (non-hydrogen) atoms. The molecule has 0 amide bonds. The highest BCUT2D eigenvalue weighted by molar-refractivity contribution is 4.76. The van der Waals surface area contributed by atoms with Crippen molar-refractivity contribution in [2.24, 2.45) is 0 Å². The second-order valence-corrected chi connectivity index (χ2v) is 8.31.